The molecule has 5 heteroatoms. The highest BCUT2D eigenvalue weighted by Crippen LogP contribution is 2.33. The maximum Gasteiger partial charge on any atom is 0.269 e. The van der Waals surface area contributed by atoms with Gasteiger partial charge in [0.15, 0.2) is 0 Å². The Morgan fingerprint density at radius 3 is 2.43 bits per heavy atom. The van der Waals surface area contributed by atoms with Crippen molar-refractivity contribution in [1.82, 2.24) is 15.3 Å². The standard InChI is InChI=1S/C30H29N3O2/c1-19(2)21-10-12-22(13-11-21)28-29-25(24-6-4-5-7-26(24)32-29)18-27(33-28)30(34)31-17-16-20-8-14-23(35-3)15-9-20/h4-15,18-19,32H,16-17H2,1-3H3,(H,31,34). The molecule has 0 bridgehead atoms. The van der Waals surface area contributed by atoms with Crippen LogP contribution in [-0.4, -0.2) is 29.5 Å². The molecule has 1 amide bonds. The number of nitrogens with one attached hydrogen (secondary N) is 2. The summed E-state index contributed by atoms with van der Waals surface area (Å²) in [5.74, 6) is 1.10. The Labute approximate surface area is 205 Å². The van der Waals surface area contributed by atoms with Crippen molar-refractivity contribution in [2.75, 3.05) is 13.7 Å². The van der Waals surface area contributed by atoms with Gasteiger partial charge in [0.2, 0.25) is 0 Å². The number of ether oxygens (including phenoxy) is 1. The molecule has 0 unspecified atom stereocenters. The average Bonchev–Trinajstić information content (AvgIpc) is 3.27. The molecule has 0 aliphatic rings. The molecule has 35 heavy (non-hydrogen) atoms. The Kier molecular flexibility index (Phi) is 6.23. The molecule has 5 nitrogen and oxygen atoms in total. The van der Waals surface area contributed by atoms with Crippen LogP contribution in [0, 0.1) is 0 Å². The summed E-state index contributed by atoms with van der Waals surface area (Å²) < 4.78 is 5.21. The second-order valence-electron chi connectivity index (χ2n) is 9.08. The number of H-pyrrole nitrogens is 1. The van der Waals surface area contributed by atoms with Crippen molar-refractivity contribution in [1.29, 1.82) is 0 Å². The van der Waals surface area contributed by atoms with Crippen LogP contribution >= 0.6 is 0 Å². The Bertz CT molecular complexity index is 1480. The van der Waals surface area contributed by atoms with Crippen LogP contribution in [0.3, 0.4) is 0 Å². The minimum absolute atomic E-state index is 0.175. The number of pyridine rings is 1. The van der Waals surface area contributed by atoms with Crippen LogP contribution < -0.4 is 10.1 Å². The van der Waals surface area contributed by atoms with Crippen LogP contribution in [0.2, 0.25) is 0 Å². The van der Waals surface area contributed by atoms with Gasteiger partial charge in [-0.25, -0.2) is 4.98 Å². The van der Waals surface area contributed by atoms with Gasteiger partial charge in [0.25, 0.3) is 5.91 Å². The number of amides is 1. The molecule has 0 saturated heterocycles. The first-order chi connectivity index (χ1) is 17.0. The maximum atomic E-state index is 13.2. The highest BCUT2D eigenvalue weighted by molar-refractivity contribution is 6.13. The Morgan fingerprint density at radius 1 is 0.971 bits per heavy atom. The van der Waals surface area contributed by atoms with E-state index in [0.29, 0.717) is 18.2 Å². The molecule has 5 rings (SSSR count). The molecule has 0 spiro atoms. The number of para-hydroxylation sites is 1. The van der Waals surface area contributed by atoms with E-state index in [1.54, 1.807) is 7.11 Å². The van der Waals surface area contributed by atoms with Gasteiger partial charge >= 0.3 is 0 Å². The number of nitrogens with zero attached hydrogens (tertiary/aromatic N) is 1. The Balaban J connectivity index is 1.47. The molecule has 3 aromatic carbocycles. The van der Waals surface area contributed by atoms with Crippen LogP contribution in [0.25, 0.3) is 33.1 Å². The number of carbonyl (C=O) groups excluding carboxylic acids is 1. The van der Waals surface area contributed by atoms with Crippen molar-refractivity contribution < 1.29 is 9.53 Å². The number of hydrogen-bond donors (Lipinski definition) is 2. The summed E-state index contributed by atoms with van der Waals surface area (Å²) in [6.45, 7) is 4.89. The quantitative estimate of drug-likeness (QED) is 0.290. The van der Waals surface area contributed by atoms with Gasteiger partial charge in [-0.15, -0.1) is 0 Å². The van der Waals surface area contributed by atoms with Gasteiger partial charge in [0.1, 0.15) is 11.4 Å². The molecule has 0 radical (unpaired) electrons. The highest BCUT2D eigenvalue weighted by atomic mass is 16.5. The molecule has 0 aliphatic heterocycles. The summed E-state index contributed by atoms with van der Waals surface area (Å²) >= 11 is 0. The van der Waals surface area contributed by atoms with Gasteiger partial charge in [-0.1, -0.05) is 68.4 Å². The van der Waals surface area contributed by atoms with E-state index in [2.05, 4.69) is 60.5 Å². The lowest BCUT2D eigenvalue weighted by molar-refractivity contribution is 0.0949. The van der Waals surface area contributed by atoms with E-state index in [1.165, 1.54) is 5.56 Å². The van der Waals surface area contributed by atoms with E-state index in [0.717, 1.165) is 50.8 Å². The summed E-state index contributed by atoms with van der Waals surface area (Å²) in [6.07, 6.45) is 0.731. The minimum Gasteiger partial charge on any atom is -0.497 e. The third kappa shape index (κ3) is 4.62. The number of aromatic amines is 1. The second kappa shape index (κ2) is 9.63. The lowest BCUT2D eigenvalue weighted by Crippen LogP contribution is -2.26. The molecule has 0 atom stereocenters. The molecular formula is C30H29N3O2. The molecule has 2 aromatic heterocycles. The number of methoxy groups -OCH3 is 1. The fraction of sp³-hybridized carbons (Fsp3) is 0.200. The zero-order valence-electron chi connectivity index (χ0n) is 20.3. The highest BCUT2D eigenvalue weighted by Gasteiger charge is 2.17. The van der Waals surface area contributed by atoms with Crippen molar-refractivity contribution in [2.45, 2.75) is 26.2 Å². The second-order valence-corrected chi connectivity index (χ2v) is 9.08. The number of carbonyl (C=O) groups is 1. The zero-order valence-corrected chi connectivity index (χ0v) is 20.3. The van der Waals surface area contributed by atoms with Crippen molar-refractivity contribution in [3.05, 3.63) is 95.7 Å². The normalized spacial score (nSPS) is 11.3. The largest absolute Gasteiger partial charge is 0.497 e. The maximum absolute atomic E-state index is 13.2. The fourth-order valence-corrected chi connectivity index (χ4v) is 4.40. The number of fused-ring (bicyclic) bond motifs is 3. The van der Waals surface area contributed by atoms with Gasteiger partial charge in [-0.3, -0.25) is 4.79 Å². The summed E-state index contributed by atoms with van der Waals surface area (Å²) in [6, 6.07) is 26.4. The third-order valence-corrected chi connectivity index (χ3v) is 6.44. The molecular weight excluding hydrogens is 434 g/mol. The van der Waals surface area contributed by atoms with E-state index < -0.39 is 0 Å². The molecule has 0 fully saturated rings. The number of aromatic nitrogens is 2. The lowest BCUT2D eigenvalue weighted by atomic mass is 9.99. The Hall–Kier alpha value is -4.12. The van der Waals surface area contributed by atoms with Crippen molar-refractivity contribution in [3.63, 3.8) is 0 Å². The van der Waals surface area contributed by atoms with Crippen molar-refractivity contribution in [3.8, 4) is 17.0 Å². The van der Waals surface area contributed by atoms with Crippen molar-refractivity contribution in [2.24, 2.45) is 0 Å². The number of benzene rings is 3. The van der Waals surface area contributed by atoms with Crippen molar-refractivity contribution >= 4 is 27.7 Å². The molecule has 0 saturated carbocycles. The van der Waals surface area contributed by atoms with E-state index in [9.17, 15) is 4.79 Å². The summed E-state index contributed by atoms with van der Waals surface area (Å²) in [4.78, 5) is 21.5. The lowest BCUT2D eigenvalue weighted by Gasteiger charge is -2.10. The van der Waals surface area contributed by atoms with E-state index >= 15 is 0 Å². The van der Waals surface area contributed by atoms with E-state index in [4.69, 9.17) is 9.72 Å². The predicted molar refractivity (Wildman–Crippen MR) is 142 cm³/mol. The molecule has 0 aliphatic carbocycles. The van der Waals surface area contributed by atoms with Crippen LogP contribution in [0.4, 0.5) is 0 Å². The van der Waals surface area contributed by atoms with Gasteiger partial charge in [0.05, 0.1) is 18.3 Å². The molecule has 5 aromatic rings. The monoisotopic (exact) mass is 463 g/mol. The topological polar surface area (TPSA) is 67.0 Å². The Morgan fingerprint density at radius 2 is 1.71 bits per heavy atom. The first kappa shape index (κ1) is 22.7. The van der Waals surface area contributed by atoms with Gasteiger partial charge < -0.3 is 15.0 Å². The predicted octanol–water partition coefficient (Wildman–Crippen LogP) is 6.49. The van der Waals surface area contributed by atoms with E-state index in [1.807, 2.05) is 42.5 Å². The summed E-state index contributed by atoms with van der Waals surface area (Å²) in [5, 5.41) is 5.12. The fourth-order valence-electron chi connectivity index (χ4n) is 4.40. The van der Waals surface area contributed by atoms with Crippen LogP contribution in [0.5, 0.6) is 5.75 Å². The summed E-state index contributed by atoms with van der Waals surface area (Å²) in [7, 11) is 1.65. The van der Waals surface area contributed by atoms with Gasteiger partial charge in [-0.05, 0) is 47.7 Å². The SMILES string of the molecule is COc1ccc(CCNC(=O)c2cc3c([nH]c4ccccc43)c(-c3ccc(C(C)C)cc3)n2)cc1. The number of rotatable bonds is 7. The van der Waals surface area contributed by atoms with Gasteiger partial charge in [0, 0.05) is 28.4 Å². The molecule has 2 heterocycles. The van der Waals surface area contributed by atoms with Crippen LogP contribution in [0.15, 0.2) is 78.9 Å². The van der Waals surface area contributed by atoms with Crippen LogP contribution in [0.1, 0.15) is 41.4 Å². The summed E-state index contributed by atoms with van der Waals surface area (Å²) in [5.41, 5.74) is 6.57. The average molecular weight is 464 g/mol. The number of hydrogen-bond acceptors (Lipinski definition) is 3. The minimum atomic E-state index is -0.175. The zero-order chi connectivity index (χ0) is 24.4. The van der Waals surface area contributed by atoms with E-state index in [-0.39, 0.29) is 5.91 Å². The molecule has 2 N–H and O–H groups in total. The first-order valence-corrected chi connectivity index (χ1v) is 12.0. The first-order valence-electron chi connectivity index (χ1n) is 12.0. The third-order valence-electron chi connectivity index (χ3n) is 6.44. The smallest absolute Gasteiger partial charge is 0.269 e. The van der Waals surface area contributed by atoms with Crippen LogP contribution in [-0.2, 0) is 6.42 Å². The van der Waals surface area contributed by atoms with Gasteiger partial charge in [-0.2, -0.15) is 0 Å². The molecule has 176 valence electrons.